The van der Waals surface area contributed by atoms with Gasteiger partial charge in [-0.2, -0.15) is 0 Å². The summed E-state index contributed by atoms with van der Waals surface area (Å²) in [6, 6.07) is 14.2. The quantitative estimate of drug-likeness (QED) is 0.712. The minimum atomic E-state index is -0.570. The maximum atomic E-state index is 10.6. The first-order valence-electron chi connectivity index (χ1n) is 6.47. The lowest BCUT2D eigenvalue weighted by Gasteiger charge is -2.15. The molecular weight excluding hydrogens is 234 g/mol. The highest BCUT2D eigenvalue weighted by molar-refractivity contribution is 5.80. The van der Waals surface area contributed by atoms with Crippen LogP contribution in [0.2, 0.25) is 0 Å². The minimum absolute atomic E-state index is 0.570. The lowest BCUT2D eigenvalue weighted by atomic mass is 9.95. The number of hydrogen-bond acceptors (Lipinski definition) is 1. The molecule has 0 amide bonds. The summed E-state index contributed by atoms with van der Waals surface area (Å²) in [5.41, 5.74) is 5.34. The Balaban J connectivity index is 2.04. The van der Waals surface area contributed by atoms with Crippen molar-refractivity contribution in [2.75, 3.05) is 0 Å². The zero-order chi connectivity index (χ0) is 13.4. The molecule has 0 bridgehead atoms. The van der Waals surface area contributed by atoms with Crippen LogP contribution in [0.1, 0.15) is 28.4 Å². The number of nitrogens with one attached hydrogen (secondary N) is 1. The second kappa shape index (κ2) is 4.56. The molecule has 0 fully saturated rings. The van der Waals surface area contributed by atoms with Crippen molar-refractivity contribution in [3.8, 4) is 0 Å². The minimum Gasteiger partial charge on any atom is -0.384 e. The Bertz CT molecular complexity index is 727. The summed E-state index contributed by atoms with van der Waals surface area (Å²) in [4.78, 5) is 3.16. The van der Waals surface area contributed by atoms with Crippen molar-refractivity contribution in [1.29, 1.82) is 0 Å². The smallest absolute Gasteiger partial charge is 0.104 e. The van der Waals surface area contributed by atoms with Crippen LogP contribution in [0.25, 0.3) is 10.9 Å². The first kappa shape index (κ1) is 12.0. The Kier molecular flexibility index (Phi) is 2.88. The largest absolute Gasteiger partial charge is 0.384 e. The van der Waals surface area contributed by atoms with Crippen molar-refractivity contribution >= 4 is 10.9 Å². The Hall–Kier alpha value is -2.06. The number of aliphatic hydroxyl groups is 1. The van der Waals surface area contributed by atoms with E-state index in [0.717, 1.165) is 27.6 Å². The lowest BCUT2D eigenvalue weighted by molar-refractivity contribution is 0.219. The van der Waals surface area contributed by atoms with Crippen LogP contribution >= 0.6 is 0 Å². The van der Waals surface area contributed by atoms with E-state index in [-0.39, 0.29) is 0 Å². The molecule has 0 spiro atoms. The summed E-state index contributed by atoms with van der Waals surface area (Å²) in [6.45, 7) is 4.11. The van der Waals surface area contributed by atoms with Crippen LogP contribution in [-0.2, 0) is 0 Å². The van der Waals surface area contributed by atoms with Gasteiger partial charge in [0.15, 0.2) is 0 Å². The van der Waals surface area contributed by atoms with Crippen LogP contribution in [0.4, 0.5) is 0 Å². The molecule has 2 N–H and O–H groups in total. The van der Waals surface area contributed by atoms with Crippen molar-refractivity contribution in [2.45, 2.75) is 20.0 Å². The fourth-order valence-corrected chi connectivity index (χ4v) is 2.55. The number of aryl methyl sites for hydroxylation is 2. The van der Waals surface area contributed by atoms with E-state index in [1.165, 1.54) is 5.56 Å². The Morgan fingerprint density at radius 1 is 1.00 bits per heavy atom. The van der Waals surface area contributed by atoms with E-state index in [9.17, 15) is 5.11 Å². The van der Waals surface area contributed by atoms with Gasteiger partial charge in [-0.3, -0.25) is 0 Å². The molecule has 2 nitrogen and oxygen atoms in total. The SMILES string of the molecule is Cc1ccc(C(O)c2ccc3[nH]ccc3c2)c(C)c1. The molecular formula is C17H17NO. The van der Waals surface area contributed by atoms with Crippen molar-refractivity contribution in [1.82, 2.24) is 4.98 Å². The highest BCUT2D eigenvalue weighted by atomic mass is 16.3. The third kappa shape index (κ3) is 2.15. The van der Waals surface area contributed by atoms with Gasteiger partial charge in [-0.05, 0) is 54.1 Å². The topological polar surface area (TPSA) is 36.0 Å². The van der Waals surface area contributed by atoms with Crippen LogP contribution < -0.4 is 0 Å². The van der Waals surface area contributed by atoms with Crippen LogP contribution in [-0.4, -0.2) is 10.1 Å². The van der Waals surface area contributed by atoms with Gasteiger partial charge in [-0.1, -0.05) is 29.8 Å². The van der Waals surface area contributed by atoms with Gasteiger partial charge < -0.3 is 10.1 Å². The predicted octanol–water partition coefficient (Wildman–Crippen LogP) is 3.87. The number of rotatable bonds is 2. The lowest BCUT2D eigenvalue weighted by Crippen LogP contribution is -2.02. The molecule has 0 aliphatic rings. The zero-order valence-corrected chi connectivity index (χ0v) is 11.1. The summed E-state index contributed by atoms with van der Waals surface area (Å²) in [7, 11) is 0. The van der Waals surface area contributed by atoms with Crippen molar-refractivity contribution in [3.63, 3.8) is 0 Å². The molecule has 0 saturated carbocycles. The van der Waals surface area contributed by atoms with Gasteiger partial charge in [-0.25, -0.2) is 0 Å². The van der Waals surface area contributed by atoms with E-state index in [1.807, 2.05) is 49.5 Å². The van der Waals surface area contributed by atoms with Crippen LogP contribution in [0.15, 0.2) is 48.7 Å². The fourth-order valence-electron chi connectivity index (χ4n) is 2.55. The van der Waals surface area contributed by atoms with Crippen LogP contribution in [0.5, 0.6) is 0 Å². The molecule has 1 atom stereocenters. The fraction of sp³-hybridized carbons (Fsp3) is 0.176. The summed E-state index contributed by atoms with van der Waals surface area (Å²) >= 11 is 0. The number of aliphatic hydroxyl groups excluding tert-OH is 1. The summed E-state index contributed by atoms with van der Waals surface area (Å²) in [5, 5.41) is 11.7. The van der Waals surface area contributed by atoms with Gasteiger partial charge in [0.05, 0.1) is 0 Å². The highest BCUT2D eigenvalue weighted by Crippen LogP contribution is 2.27. The molecule has 0 aliphatic carbocycles. The van der Waals surface area contributed by atoms with Crippen LogP contribution in [0, 0.1) is 13.8 Å². The summed E-state index contributed by atoms with van der Waals surface area (Å²) < 4.78 is 0. The Labute approximate surface area is 112 Å². The van der Waals surface area contributed by atoms with Crippen LogP contribution in [0.3, 0.4) is 0 Å². The van der Waals surface area contributed by atoms with Gasteiger partial charge in [0.25, 0.3) is 0 Å². The molecule has 1 heterocycles. The Morgan fingerprint density at radius 2 is 1.84 bits per heavy atom. The first-order valence-corrected chi connectivity index (χ1v) is 6.47. The standard InChI is InChI=1S/C17H17NO/c1-11-3-5-15(12(2)9-11)17(19)14-4-6-16-13(10-14)7-8-18-16/h3-10,17-19H,1-2H3. The van der Waals surface area contributed by atoms with E-state index in [0.29, 0.717) is 0 Å². The van der Waals surface area contributed by atoms with Crippen molar-refractivity contribution in [2.24, 2.45) is 0 Å². The molecule has 0 saturated heterocycles. The third-order valence-electron chi connectivity index (χ3n) is 3.61. The maximum absolute atomic E-state index is 10.6. The second-order valence-electron chi connectivity index (χ2n) is 5.09. The first-order chi connectivity index (χ1) is 9.15. The third-order valence-corrected chi connectivity index (χ3v) is 3.61. The molecule has 2 aromatic carbocycles. The molecule has 3 aromatic rings. The maximum Gasteiger partial charge on any atom is 0.104 e. The molecule has 19 heavy (non-hydrogen) atoms. The Morgan fingerprint density at radius 3 is 2.63 bits per heavy atom. The van der Waals surface area contributed by atoms with Gasteiger partial charge in [0.1, 0.15) is 6.10 Å². The van der Waals surface area contributed by atoms with Gasteiger partial charge >= 0.3 is 0 Å². The van der Waals surface area contributed by atoms with E-state index in [2.05, 4.69) is 18.0 Å². The van der Waals surface area contributed by atoms with Gasteiger partial charge in [0, 0.05) is 11.7 Å². The number of hydrogen-bond donors (Lipinski definition) is 2. The van der Waals surface area contributed by atoms with Gasteiger partial charge in [0.2, 0.25) is 0 Å². The average molecular weight is 251 g/mol. The highest BCUT2D eigenvalue weighted by Gasteiger charge is 2.13. The molecule has 2 heteroatoms. The van der Waals surface area contributed by atoms with E-state index in [4.69, 9.17) is 0 Å². The molecule has 96 valence electrons. The molecule has 1 unspecified atom stereocenters. The number of benzene rings is 2. The molecule has 3 rings (SSSR count). The summed E-state index contributed by atoms with van der Waals surface area (Å²) in [6.07, 6.45) is 1.35. The number of H-pyrrole nitrogens is 1. The normalized spacial score (nSPS) is 12.8. The molecule has 0 aliphatic heterocycles. The zero-order valence-electron chi connectivity index (χ0n) is 11.1. The number of aromatic nitrogens is 1. The monoisotopic (exact) mass is 251 g/mol. The average Bonchev–Trinajstić information content (AvgIpc) is 2.85. The number of fused-ring (bicyclic) bond motifs is 1. The second-order valence-corrected chi connectivity index (χ2v) is 5.09. The molecule has 1 aromatic heterocycles. The van der Waals surface area contributed by atoms with E-state index >= 15 is 0 Å². The molecule has 0 radical (unpaired) electrons. The predicted molar refractivity (Wildman–Crippen MR) is 78.3 cm³/mol. The number of aromatic amines is 1. The van der Waals surface area contributed by atoms with Crippen molar-refractivity contribution < 1.29 is 5.11 Å². The van der Waals surface area contributed by atoms with E-state index < -0.39 is 6.10 Å². The van der Waals surface area contributed by atoms with E-state index in [1.54, 1.807) is 0 Å². The van der Waals surface area contributed by atoms with Crippen molar-refractivity contribution in [3.05, 3.63) is 70.9 Å². The van der Waals surface area contributed by atoms with Gasteiger partial charge in [-0.15, -0.1) is 0 Å². The summed E-state index contributed by atoms with van der Waals surface area (Å²) in [5.74, 6) is 0.